The number of rotatable bonds is 6. The van der Waals surface area contributed by atoms with Gasteiger partial charge in [0.1, 0.15) is 5.78 Å². The van der Waals surface area contributed by atoms with Crippen LogP contribution < -0.4 is 0 Å². The van der Waals surface area contributed by atoms with Gasteiger partial charge in [0.2, 0.25) is 5.78 Å². The maximum Gasteiger partial charge on any atom is 0.372 e. The lowest BCUT2D eigenvalue weighted by molar-refractivity contribution is -0.150. The standard InChI is InChI=1S/C16H12O5/c17-13(9-15(19)16(20)21)8-14(18)12-6-5-10-3-1-2-4-11(10)7-12/h1-7H,8-9H2,(H,20,21). The molecule has 0 radical (unpaired) electrons. The number of hydrogen-bond acceptors (Lipinski definition) is 4. The molecule has 106 valence electrons. The Balaban J connectivity index is 2.10. The molecule has 5 heteroatoms. The average Bonchev–Trinajstić information content (AvgIpc) is 2.46. The molecule has 0 aliphatic carbocycles. The molecule has 5 nitrogen and oxygen atoms in total. The highest BCUT2D eigenvalue weighted by atomic mass is 16.4. The summed E-state index contributed by atoms with van der Waals surface area (Å²) in [5.74, 6) is -3.99. The van der Waals surface area contributed by atoms with E-state index < -0.39 is 36.2 Å². The maximum atomic E-state index is 12.0. The molecule has 0 heterocycles. The Morgan fingerprint density at radius 3 is 2.19 bits per heavy atom. The fourth-order valence-electron chi connectivity index (χ4n) is 1.96. The number of carboxylic acids is 1. The van der Waals surface area contributed by atoms with Crippen molar-refractivity contribution >= 4 is 34.1 Å². The molecular weight excluding hydrogens is 272 g/mol. The van der Waals surface area contributed by atoms with E-state index in [2.05, 4.69) is 0 Å². The van der Waals surface area contributed by atoms with Crippen LogP contribution in [-0.2, 0) is 14.4 Å². The van der Waals surface area contributed by atoms with Gasteiger partial charge in [0, 0.05) is 5.56 Å². The number of carbonyl (C=O) groups excluding carboxylic acids is 3. The fraction of sp³-hybridized carbons (Fsp3) is 0.125. The van der Waals surface area contributed by atoms with Crippen molar-refractivity contribution in [1.82, 2.24) is 0 Å². The molecule has 0 atom stereocenters. The summed E-state index contributed by atoms with van der Waals surface area (Å²) in [6, 6.07) is 12.5. The molecular formula is C16H12O5. The predicted octanol–water partition coefficient (Wildman–Crippen LogP) is 2.03. The summed E-state index contributed by atoms with van der Waals surface area (Å²) in [6.07, 6.45) is -1.23. The first kappa shape index (κ1) is 14.6. The van der Waals surface area contributed by atoms with Crippen molar-refractivity contribution < 1.29 is 24.3 Å². The minimum atomic E-state index is -1.67. The van der Waals surface area contributed by atoms with Crippen molar-refractivity contribution in [3.05, 3.63) is 48.0 Å². The number of aliphatic carboxylic acids is 1. The van der Waals surface area contributed by atoms with Crippen molar-refractivity contribution in [3.63, 3.8) is 0 Å². The van der Waals surface area contributed by atoms with Crippen LogP contribution in [0.3, 0.4) is 0 Å². The minimum Gasteiger partial charge on any atom is -0.475 e. The van der Waals surface area contributed by atoms with Crippen LogP contribution in [0.4, 0.5) is 0 Å². The zero-order chi connectivity index (χ0) is 15.4. The summed E-state index contributed by atoms with van der Waals surface area (Å²) in [5, 5.41) is 10.3. The van der Waals surface area contributed by atoms with Crippen molar-refractivity contribution in [2.75, 3.05) is 0 Å². The molecule has 0 saturated carbocycles. The van der Waals surface area contributed by atoms with Gasteiger partial charge in [-0.05, 0) is 16.8 Å². The first-order valence-electron chi connectivity index (χ1n) is 6.27. The monoisotopic (exact) mass is 284 g/mol. The summed E-state index contributed by atoms with van der Waals surface area (Å²) < 4.78 is 0. The fourth-order valence-corrected chi connectivity index (χ4v) is 1.96. The van der Waals surface area contributed by atoms with E-state index in [9.17, 15) is 19.2 Å². The van der Waals surface area contributed by atoms with Gasteiger partial charge in [-0.15, -0.1) is 0 Å². The maximum absolute atomic E-state index is 12.0. The summed E-state index contributed by atoms with van der Waals surface area (Å²) in [7, 11) is 0. The SMILES string of the molecule is O=C(CC(=O)C(=O)O)CC(=O)c1ccc2ccccc2c1. The number of hydrogen-bond donors (Lipinski definition) is 1. The lowest BCUT2D eigenvalue weighted by atomic mass is 10.0. The predicted molar refractivity (Wildman–Crippen MR) is 75.2 cm³/mol. The van der Waals surface area contributed by atoms with Gasteiger partial charge in [-0.1, -0.05) is 36.4 Å². The molecule has 0 aliphatic rings. The van der Waals surface area contributed by atoms with Gasteiger partial charge in [0.15, 0.2) is 5.78 Å². The molecule has 0 aliphatic heterocycles. The van der Waals surface area contributed by atoms with Crippen LogP contribution in [0.15, 0.2) is 42.5 Å². The van der Waals surface area contributed by atoms with E-state index in [1.807, 2.05) is 24.3 Å². The molecule has 0 aromatic heterocycles. The summed E-state index contributed by atoms with van der Waals surface area (Å²) >= 11 is 0. The number of benzene rings is 2. The summed E-state index contributed by atoms with van der Waals surface area (Å²) in [4.78, 5) is 44.7. The normalized spacial score (nSPS) is 10.3. The largest absolute Gasteiger partial charge is 0.475 e. The lowest BCUT2D eigenvalue weighted by Crippen LogP contribution is -2.19. The van der Waals surface area contributed by atoms with E-state index in [-0.39, 0.29) is 0 Å². The van der Waals surface area contributed by atoms with Gasteiger partial charge < -0.3 is 5.11 Å². The highest BCUT2D eigenvalue weighted by Gasteiger charge is 2.19. The van der Waals surface area contributed by atoms with Crippen LogP contribution in [0.25, 0.3) is 10.8 Å². The van der Waals surface area contributed by atoms with E-state index in [0.717, 1.165) is 10.8 Å². The Kier molecular flexibility index (Phi) is 4.23. The van der Waals surface area contributed by atoms with E-state index in [4.69, 9.17) is 5.11 Å². The smallest absolute Gasteiger partial charge is 0.372 e. The second-order valence-electron chi connectivity index (χ2n) is 4.61. The molecule has 21 heavy (non-hydrogen) atoms. The zero-order valence-corrected chi connectivity index (χ0v) is 11.0. The molecule has 2 rings (SSSR count). The Bertz CT molecular complexity index is 745. The number of carboxylic acid groups (broad SMARTS) is 1. The molecule has 0 amide bonds. The topological polar surface area (TPSA) is 88.5 Å². The molecule has 0 fully saturated rings. The van der Waals surface area contributed by atoms with E-state index in [1.165, 1.54) is 0 Å². The minimum absolute atomic E-state index is 0.366. The quantitative estimate of drug-likeness (QED) is 0.498. The van der Waals surface area contributed by atoms with Gasteiger partial charge in [-0.2, -0.15) is 0 Å². The highest BCUT2D eigenvalue weighted by molar-refractivity contribution is 6.37. The van der Waals surface area contributed by atoms with Crippen molar-refractivity contribution in [3.8, 4) is 0 Å². The second kappa shape index (κ2) is 6.09. The van der Waals surface area contributed by atoms with E-state index >= 15 is 0 Å². The van der Waals surface area contributed by atoms with Gasteiger partial charge in [0.05, 0.1) is 12.8 Å². The van der Waals surface area contributed by atoms with Crippen LogP contribution in [-0.4, -0.2) is 28.4 Å². The first-order chi connectivity index (χ1) is 9.97. The van der Waals surface area contributed by atoms with Crippen molar-refractivity contribution in [1.29, 1.82) is 0 Å². The first-order valence-corrected chi connectivity index (χ1v) is 6.27. The third kappa shape index (κ3) is 3.60. The average molecular weight is 284 g/mol. The van der Waals surface area contributed by atoms with Gasteiger partial charge >= 0.3 is 5.97 Å². The second-order valence-corrected chi connectivity index (χ2v) is 4.61. The van der Waals surface area contributed by atoms with E-state index in [0.29, 0.717) is 5.56 Å². The molecule has 0 unspecified atom stereocenters. The zero-order valence-electron chi connectivity index (χ0n) is 11.0. The van der Waals surface area contributed by atoms with Crippen molar-refractivity contribution in [2.45, 2.75) is 12.8 Å². The lowest BCUT2D eigenvalue weighted by Gasteiger charge is -2.02. The van der Waals surface area contributed by atoms with Crippen LogP contribution in [0.5, 0.6) is 0 Å². The third-order valence-corrected chi connectivity index (χ3v) is 3.03. The molecule has 0 bridgehead atoms. The molecule has 1 N–H and O–H groups in total. The molecule has 0 spiro atoms. The molecule has 2 aromatic carbocycles. The van der Waals surface area contributed by atoms with Crippen LogP contribution in [0.1, 0.15) is 23.2 Å². The molecule has 0 saturated heterocycles. The summed E-state index contributed by atoms with van der Waals surface area (Å²) in [6.45, 7) is 0. The van der Waals surface area contributed by atoms with E-state index in [1.54, 1.807) is 18.2 Å². The van der Waals surface area contributed by atoms with Crippen LogP contribution >= 0.6 is 0 Å². The third-order valence-electron chi connectivity index (χ3n) is 3.03. The number of ketones is 3. The Morgan fingerprint density at radius 1 is 0.857 bits per heavy atom. The Hall–Kier alpha value is -2.82. The van der Waals surface area contributed by atoms with Crippen molar-refractivity contribution in [2.24, 2.45) is 0 Å². The number of carbonyl (C=O) groups is 4. The Labute approximate surface area is 120 Å². The molecule has 2 aromatic rings. The number of fused-ring (bicyclic) bond motifs is 1. The highest BCUT2D eigenvalue weighted by Crippen LogP contribution is 2.17. The Morgan fingerprint density at radius 2 is 1.52 bits per heavy atom. The van der Waals surface area contributed by atoms with Crippen LogP contribution in [0.2, 0.25) is 0 Å². The van der Waals surface area contributed by atoms with Crippen LogP contribution in [0, 0.1) is 0 Å². The summed E-state index contributed by atoms with van der Waals surface area (Å²) in [5.41, 5.74) is 0.366. The van der Waals surface area contributed by atoms with Gasteiger partial charge in [-0.25, -0.2) is 4.79 Å². The van der Waals surface area contributed by atoms with Gasteiger partial charge in [-0.3, -0.25) is 14.4 Å². The van der Waals surface area contributed by atoms with Gasteiger partial charge in [0.25, 0.3) is 0 Å². The number of Topliss-reactive ketones (excluding diaryl/α,β-unsaturated/α-hetero) is 3.